The highest BCUT2D eigenvalue weighted by atomic mass is 32.1. The van der Waals surface area contributed by atoms with Crippen molar-refractivity contribution in [2.24, 2.45) is 0 Å². The minimum absolute atomic E-state index is 0.120. The van der Waals surface area contributed by atoms with Gasteiger partial charge in [0, 0.05) is 6.92 Å². The summed E-state index contributed by atoms with van der Waals surface area (Å²) in [6.45, 7) is 3.28. The molecule has 0 aliphatic rings. The molecular formula is C13H12FNO2S. The second kappa shape index (κ2) is 4.86. The van der Waals surface area contributed by atoms with Crippen LogP contribution in [-0.2, 0) is 0 Å². The smallest absolute Gasteiger partial charge is 0.179 e. The molecule has 0 N–H and O–H groups in total. The van der Waals surface area contributed by atoms with E-state index in [-0.39, 0.29) is 11.5 Å². The minimum atomic E-state index is -0.449. The van der Waals surface area contributed by atoms with Gasteiger partial charge in [-0.3, -0.25) is 4.79 Å². The van der Waals surface area contributed by atoms with Gasteiger partial charge in [0.25, 0.3) is 0 Å². The van der Waals surface area contributed by atoms with Crippen molar-refractivity contribution in [2.75, 3.05) is 7.11 Å². The lowest BCUT2D eigenvalue weighted by Crippen LogP contribution is -1.95. The van der Waals surface area contributed by atoms with E-state index in [1.54, 1.807) is 12.1 Å². The Kier molecular flexibility index (Phi) is 3.43. The first-order valence-corrected chi connectivity index (χ1v) is 6.17. The van der Waals surface area contributed by atoms with E-state index in [0.29, 0.717) is 16.1 Å². The molecule has 0 atom stereocenters. The van der Waals surface area contributed by atoms with Crippen molar-refractivity contribution in [3.8, 4) is 16.2 Å². The van der Waals surface area contributed by atoms with Crippen molar-refractivity contribution >= 4 is 17.1 Å². The van der Waals surface area contributed by atoms with Gasteiger partial charge in [0.05, 0.1) is 17.0 Å². The Bertz CT molecular complexity index is 607. The first-order valence-electron chi connectivity index (χ1n) is 5.35. The molecule has 0 saturated carbocycles. The maximum Gasteiger partial charge on any atom is 0.179 e. The number of ether oxygens (including phenoxy) is 1. The molecule has 0 spiro atoms. The zero-order chi connectivity index (χ0) is 13.3. The van der Waals surface area contributed by atoms with Gasteiger partial charge in [0.2, 0.25) is 0 Å². The number of ketones is 1. The molecule has 0 fully saturated rings. The van der Waals surface area contributed by atoms with Crippen molar-refractivity contribution in [1.29, 1.82) is 0 Å². The molecular weight excluding hydrogens is 253 g/mol. The Morgan fingerprint density at radius 2 is 2.17 bits per heavy atom. The summed E-state index contributed by atoms with van der Waals surface area (Å²) in [5, 5.41) is 0.784. The molecule has 18 heavy (non-hydrogen) atoms. The Labute approximate surface area is 108 Å². The second-order valence-corrected chi connectivity index (χ2v) is 5.02. The van der Waals surface area contributed by atoms with Crippen LogP contribution in [0, 0.1) is 12.7 Å². The molecule has 5 heteroatoms. The molecule has 1 aromatic heterocycles. The molecule has 3 nitrogen and oxygen atoms in total. The third kappa shape index (κ3) is 2.26. The molecule has 2 rings (SSSR count). The van der Waals surface area contributed by atoms with Crippen LogP contribution in [0.1, 0.15) is 22.4 Å². The Balaban J connectivity index is 2.55. The summed E-state index contributed by atoms with van der Waals surface area (Å²) in [4.78, 5) is 16.4. The van der Waals surface area contributed by atoms with Gasteiger partial charge < -0.3 is 4.74 Å². The summed E-state index contributed by atoms with van der Waals surface area (Å²) in [7, 11) is 1.41. The highest BCUT2D eigenvalue weighted by Crippen LogP contribution is 2.32. The summed E-state index contributed by atoms with van der Waals surface area (Å²) in [5.74, 6) is -0.384. The highest BCUT2D eigenvalue weighted by Gasteiger charge is 2.16. The van der Waals surface area contributed by atoms with Crippen LogP contribution in [0.2, 0.25) is 0 Å². The van der Waals surface area contributed by atoms with Gasteiger partial charge in [-0.25, -0.2) is 9.37 Å². The summed E-state index contributed by atoms with van der Waals surface area (Å²) in [5.41, 5.74) is 1.03. The van der Waals surface area contributed by atoms with E-state index in [0.717, 1.165) is 5.01 Å². The maximum absolute atomic E-state index is 13.7. The third-order valence-electron chi connectivity index (χ3n) is 2.48. The molecule has 0 saturated heterocycles. The lowest BCUT2D eigenvalue weighted by molar-refractivity contribution is 0.101. The predicted molar refractivity (Wildman–Crippen MR) is 68.8 cm³/mol. The van der Waals surface area contributed by atoms with Crippen LogP contribution in [0.25, 0.3) is 10.4 Å². The quantitative estimate of drug-likeness (QED) is 0.798. The molecule has 2 aromatic rings. The number of carbonyl (C=O) groups is 1. The number of rotatable bonds is 3. The fraction of sp³-hybridized carbons (Fsp3) is 0.231. The zero-order valence-electron chi connectivity index (χ0n) is 10.3. The van der Waals surface area contributed by atoms with Gasteiger partial charge in [-0.1, -0.05) is 0 Å². The van der Waals surface area contributed by atoms with Gasteiger partial charge in [0.1, 0.15) is 5.69 Å². The van der Waals surface area contributed by atoms with Crippen LogP contribution in [0.4, 0.5) is 4.39 Å². The largest absolute Gasteiger partial charge is 0.494 e. The highest BCUT2D eigenvalue weighted by molar-refractivity contribution is 7.15. The number of halogens is 1. The number of hydrogen-bond acceptors (Lipinski definition) is 4. The van der Waals surface area contributed by atoms with E-state index in [4.69, 9.17) is 4.74 Å². The standard InChI is InChI=1S/C13H12FNO2S/c1-7(16)12-13(18-8(2)15-12)9-4-5-11(17-3)10(14)6-9/h4-6H,1-3H3. The number of aryl methyl sites for hydroxylation is 1. The molecule has 1 aromatic carbocycles. The number of Topliss-reactive ketones (excluding diaryl/α,β-unsaturated/α-hetero) is 1. The minimum Gasteiger partial charge on any atom is -0.494 e. The van der Waals surface area contributed by atoms with Crippen LogP contribution >= 0.6 is 11.3 Å². The van der Waals surface area contributed by atoms with Crippen LogP contribution < -0.4 is 4.74 Å². The molecule has 0 bridgehead atoms. The predicted octanol–water partition coefficient (Wildman–Crippen LogP) is 3.47. The number of carbonyl (C=O) groups excluding carboxylic acids is 1. The number of hydrogen-bond donors (Lipinski definition) is 0. The number of benzene rings is 1. The molecule has 0 aliphatic carbocycles. The van der Waals surface area contributed by atoms with E-state index < -0.39 is 5.82 Å². The van der Waals surface area contributed by atoms with Crippen molar-refractivity contribution in [1.82, 2.24) is 4.98 Å². The van der Waals surface area contributed by atoms with Crippen molar-refractivity contribution in [2.45, 2.75) is 13.8 Å². The number of aromatic nitrogens is 1. The fourth-order valence-electron chi connectivity index (χ4n) is 1.67. The van der Waals surface area contributed by atoms with E-state index >= 15 is 0 Å². The Morgan fingerprint density at radius 3 is 2.72 bits per heavy atom. The van der Waals surface area contributed by atoms with Crippen molar-refractivity contribution in [3.05, 3.63) is 34.7 Å². The van der Waals surface area contributed by atoms with Crippen LogP contribution in [0.15, 0.2) is 18.2 Å². The normalized spacial score (nSPS) is 10.4. The summed E-state index contributed by atoms with van der Waals surface area (Å²) in [6, 6.07) is 4.63. The molecule has 0 aliphatic heterocycles. The number of nitrogens with zero attached hydrogens (tertiary/aromatic N) is 1. The third-order valence-corrected chi connectivity index (χ3v) is 3.50. The topological polar surface area (TPSA) is 39.2 Å². The first kappa shape index (κ1) is 12.7. The lowest BCUT2D eigenvalue weighted by Gasteiger charge is -2.04. The van der Waals surface area contributed by atoms with Crippen LogP contribution in [0.5, 0.6) is 5.75 Å². The van der Waals surface area contributed by atoms with Crippen molar-refractivity contribution in [3.63, 3.8) is 0 Å². The van der Waals surface area contributed by atoms with Crippen LogP contribution in [0.3, 0.4) is 0 Å². The average Bonchev–Trinajstić information content (AvgIpc) is 2.71. The van der Waals surface area contributed by atoms with Gasteiger partial charge in [-0.05, 0) is 30.7 Å². The molecule has 0 radical (unpaired) electrons. The number of methoxy groups -OCH3 is 1. The Morgan fingerprint density at radius 1 is 1.44 bits per heavy atom. The van der Waals surface area contributed by atoms with Gasteiger partial charge in [-0.15, -0.1) is 11.3 Å². The van der Waals surface area contributed by atoms with E-state index in [9.17, 15) is 9.18 Å². The molecule has 1 heterocycles. The molecule has 94 valence electrons. The number of thiazole rings is 1. The summed E-state index contributed by atoms with van der Waals surface area (Å²) >= 11 is 1.38. The van der Waals surface area contributed by atoms with Gasteiger partial charge in [-0.2, -0.15) is 0 Å². The lowest BCUT2D eigenvalue weighted by atomic mass is 10.1. The molecule has 0 amide bonds. The zero-order valence-corrected chi connectivity index (χ0v) is 11.1. The van der Waals surface area contributed by atoms with E-state index in [1.165, 1.54) is 31.4 Å². The van der Waals surface area contributed by atoms with E-state index in [2.05, 4.69) is 4.98 Å². The molecule has 0 unspecified atom stereocenters. The summed E-state index contributed by atoms with van der Waals surface area (Å²) in [6.07, 6.45) is 0. The average molecular weight is 265 g/mol. The van der Waals surface area contributed by atoms with Crippen LogP contribution in [-0.4, -0.2) is 17.9 Å². The monoisotopic (exact) mass is 265 g/mol. The fourth-order valence-corrected chi connectivity index (χ4v) is 2.63. The maximum atomic E-state index is 13.7. The van der Waals surface area contributed by atoms with Crippen molar-refractivity contribution < 1.29 is 13.9 Å². The Hall–Kier alpha value is -1.75. The SMILES string of the molecule is COc1ccc(-c2sc(C)nc2C(C)=O)cc1F. The van der Waals surface area contributed by atoms with Gasteiger partial charge in [0.15, 0.2) is 17.3 Å². The summed E-state index contributed by atoms with van der Waals surface area (Å²) < 4.78 is 18.5. The van der Waals surface area contributed by atoms with Gasteiger partial charge >= 0.3 is 0 Å². The van der Waals surface area contributed by atoms with E-state index in [1.807, 2.05) is 6.92 Å². The first-order chi connectivity index (χ1) is 8.52. The second-order valence-electron chi connectivity index (χ2n) is 3.82.